The number of nitrogens with zero attached hydrogens (tertiary/aromatic N) is 4. The van der Waals surface area contributed by atoms with Crippen molar-refractivity contribution in [1.29, 1.82) is 0 Å². The van der Waals surface area contributed by atoms with Gasteiger partial charge in [0.25, 0.3) is 0 Å². The Morgan fingerprint density at radius 3 is 2.73 bits per heavy atom. The molecule has 132 valence electrons. The zero-order chi connectivity index (χ0) is 18.1. The molecule has 0 bridgehead atoms. The maximum absolute atomic E-state index is 4.79. The normalized spacial score (nSPS) is 12.3. The minimum absolute atomic E-state index is 0.205. The van der Waals surface area contributed by atoms with Crippen LogP contribution in [0.15, 0.2) is 48.1 Å². The Morgan fingerprint density at radius 1 is 1.19 bits per heavy atom. The number of aromatic amines is 1. The summed E-state index contributed by atoms with van der Waals surface area (Å²) in [4.78, 5) is 9.05. The molecule has 0 aliphatic carbocycles. The quantitative estimate of drug-likeness (QED) is 0.547. The Bertz CT molecular complexity index is 1000. The molecule has 4 rings (SSSR count). The van der Waals surface area contributed by atoms with E-state index in [4.69, 9.17) is 4.98 Å². The molecular formula is C19H20N6S. The highest BCUT2D eigenvalue weighted by molar-refractivity contribution is 7.14. The Labute approximate surface area is 156 Å². The average molecular weight is 364 g/mol. The maximum atomic E-state index is 4.79. The third-order valence-electron chi connectivity index (χ3n) is 4.46. The SMILES string of the molecule is Cc1cc(-c2csc(N[C@@H](C)c3ccccc3)n2)c(C)n1-c1ncn[nH]1. The molecule has 0 spiro atoms. The van der Waals surface area contributed by atoms with E-state index in [1.54, 1.807) is 11.3 Å². The smallest absolute Gasteiger partial charge is 0.229 e. The molecule has 1 aromatic carbocycles. The van der Waals surface area contributed by atoms with E-state index in [9.17, 15) is 0 Å². The second-order valence-corrected chi connectivity index (χ2v) is 7.10. The number of hydrogen-bond donors (Lipinski definition) is 2. The van der Waals surface area contributed by atoms with Crippen molar-refractivity contribution in [2.45, 2.75) is 26.8 Å². The number of aryl methyl sites for hydroxylation is 1. The van der Waals surface area contributed by atoms with E-state index in [0.29, 0.717) is 0 Å². The van der Waals surface area contributed by atoms with Crippen molar-refractivity contribution < 1.29 is 0 Å². The first-order valence-electron chi connectivity index (χ1n) is 8.45. The molecule has 6 nitrogen and oxygen atoms in total. The molecule has 0 saturated carbocycles. The highest BCUT2D eigenvalue weighted by Gasteiger charge is 2.16. The van der Waals surface area contributed by atoms with Gasteiger partial charge in [-0.3, -0.25) is 4.57 Å². The van der Waals surface area contributed by atoms with Gasteiger partial charge in [0.05, 0.1) is 11.7 Å². The molecule has 0 saturated heterocycles. The second kappa shape index (κ2) is 6.76. The largest absolute Gasteiger partial charge is 0.355 e. The third kappa shape index (κ3) is 3.01. The van der Waals surface area contributed by atoms with E-state index in [1.807, 2.05) is 6.07 Å². The Kier molecular flexibility index (Phi) is 4.30. The first-order valence-corrected chi connectivity index (χ1v) is 9.33. The standard InChI is InChI=1S/C19H20N6S/c1-12-9-16(14(3)25(12)18-20-11-21-24-18)17-10-26-19(23-17)22-13(2)15-7-5-4-6-8-15/h4-11,13H,1-3H3,(H,22,23)(H,20,21,24)/t13-/m0/s1. The third-order valence-corrected chi connectivity index (χ3v) is 5.24. The van der Waals surface area contributed by atoms with Gasteiger partial charge in [0.15, 0.2) is 5.13 Å². The minimum atomic E-state index is 0.205. The molecule has 1 atom stereocenters. The lowest BCUT2D eigenvalue weighted by Crippen LogP contribution is -2.05. The zero-order valence-electron chi connectivity index (χ0n) is 14.9. The van der Waals surface area contributed by atoms with Crippen molar-refractivity contribution in [3.05, 3.63) is 65.1 Å². The van der Waals surface area contributed by atoms with Crippen molar-refractivity contribution in [3.8, 4) is 17.2 Å². The summed E-state index contributed by atoms with van der Waals surface area (Å²) >= 11 is 1.62. The van der Waals surface area contributed by atoms with Gasteiger partial charge in [-0.15, -0.1) is 11.3 Å². The van der Waals surface area contributed by atoms with E-state index in [-0.39, 0.29) is 6.04 Å². The van der Waals surface area contributed by atoms with Crippen LogP contribution in [0.3, 0.4) is 0 Å². The molecule has 2 N–H and O–H groups in total. The van der Waals surface area contributed by atoms with Crippen LogP contribution in [0.4, 0.5) is 5.13 Å². The van der Waals surface area contributed by atoms with Crippen LogP contribution in [0.25, 0.3) is 17.2 Å². The van der Waals surface area contributed by atoms with Crippen molar-refractivity contribution in [1.82, 2.24) is 24.7 Å². The lowest BCUT2D eigenvalue weighted by molar-refractivity contribution is 0.878. The van der Waals surface area contributed by atoms with Crippen molar-refractivity contribution in [2.24, 2.45) is 0 Å². The molecule has 0 aliphatic heterocycles. The van der Waals surface area contributed by atoms with Crippen LogP contribution in [-0.2, 0) is 0 Å². The second-order valence-electron chi connectivity index (χ2n) is 6.24. The Hall–Kier alpha value is -2.93. The van der Waals surface area contributed by atoms with Crippen LogP contribution < -0.4 is 5.32 Å². The van der Waals surface area contributed by atoms with Crippen LogP contribution in [0.2, 0.25) is 0 Å². The molecule has 7 heteroatoms. The molecule has 26 heavy (non-hydrogen) atoms. The van der Waals surface area contributed by atoms with Crippen LogP contribution in [0.5, 0.6) is 0 Å². The number of H-pyrrole nitrogens is 1. The van der Waals surface area contributed by atoms with Crippen molar-refractivity contribution >= 4 is 16.5 Å². The van der Waals surface area contributed by atoms with Crippen LogP contribution in [0, 0.1) is 13.8 Å². The maximum Gasteiger partial charge on any atom is 0.229 e. The van der Waals surface area contributed by atoms with Crippen molar-refractivity contribution in [3.63, 3.8) is 0 Å². The first-order chi connectivity index (χ1) is 12.6. The van der Waals surface area contributed by atoms with E-state index in [2.05, 4.69) is 81.5 Å². The summed E-state index contributed by atoms with van der Waals surface area (Å²) in [6.07, 6.45) is 1.52. The summed E-state index contributed by atoms with van der Waals surface area (Å²) in [7, 11) is 0. The summed E-state index contributed by atoms with van der Waals surface area (Å²) in [5.41, 5.74) is 5.50. The molecule has 0 amide bonds. The Morgan fingerprint density at radius 2 is 2.00 bits per heavy atom. The van der Waals surface area contributed by atoms with Gasteiger partial charge >= 0.3 is 0 Å². The van der Waals surface area contributed by atoms with E-state index >= 15 is 0 Å². The lowest BCUT2D eigenvalue weighted by Gasteiger charge is -2.12. The van der Waals surface area contributed by atoms with Crippen LogP contribution in [-0.4, -0.2) is 24.7 Å². The van der Waals surface area contributed by atoms with E-state index < -0.39 is 0 Å². The van der Waals surface area contributed by atoms with E-state index in [0.717, 1.165) is 33.7 Å². The minimum Gasteiger partial charge on any atom is -0.355 e. The number of nitrogens with one attached hydrogen (secondary N) is 2. The van der Waals surface area contributed by atoms with Gasteiger partial charge in [0.1, 0.15) is 6.33 Å². The lowest BCUT2D eigenvalue weighted by atomic mass is 10.1. The molecule has 3 aromatic heterocycles. The molecule has 4 aromatic rings. The molecule has 3 heterocycles. The van der Waals surface area contributed by atoms with Gasteiger partial charge in [-0.1, -0.05) is 30.3 Å². The van der Waals surface area contributed by atoms with Crippen molar-refractivity contribution in [2.75, 3.05) is 5.32 Å². The predicted molar refractivity (Wildman–Crippen MR) is 105 cm³/mol. The molecule has 0 radical (unpaired) electrons. The summed E-state index contributed by atoms with van der Waals surface area (Å²) in [6, 6.07) is 12.7. The van der Waals surface area contributed by atoms with Gasteiger partial charge in [-0.25, -0.2) is 10.1 Å². The number of rotatable bonds is 5. The van der Waals surface area contributed by atoms with Gasteiger partial charge in [-0.2, -0.15) is 10.1 Å². The molecule has 0 unspecified atom stereocenters. The highest BCUT2D eigenvalue weighted by Crippen LogP contribution is 2.32. The number of benzene rings is 1. The number of thiazole rings is 1. The summed E-state index contributed by atoms with van der Waals surface area (Å²) in [5.74, 6) is 0.720. The van der Waals surface area contributed by atoms with Crippen LogP contribution >= 0.6 is 11.3 Å². The first kappa shape index (κ1) is 16.5. The predicted octanol–water partition coefficient (Wildman–Crippen LogP) is 4.51. The van der Waals surface area contributed by atoms with Gasteiger partial charge in [0.2, 0.25) is 5.95 Å². The number of hydrogen-bond acceptors (Lipinski definition) is 5. The zero-order valence-corrected chi connectivity index (χ0v) is 15.7. The number of aromatic nitrogens is 5. The Balaban J connectivity index is 1.60. The topological polar surface area (TPSA) is 71.4 Å². The van der Waals surface area contributed by atoms with Gasteiger partial charge in [0, 0.05) is 22.3 Å². The molecule has 0 fully saturated rings. The summed E-state index contributed by atoms with van der Waals surface area (Å²) in [5, 5.41) is 13.4. The fourth-order valence-corrected chi connectivity index (χ4v) is 3.93. The van der Waals surface area contributed by atoms with Gasteiger partial charge < -0.3 is 5.32 Å². The fourth-order valence-electron chi connectivity index (χ4n) is 3.13. The summed E-state index contributed by atoms with van der Waals surface area (Å²) < 4.78 is 2.06. The highest BCUT2D eigenvalue weighted by atomic mass is 32.1. The summed E-state index contributed by atoms with van der Waals surface area (Å²) in [6.45, 7) is 6.28. The fraction of sp³-hybridized carbons (Fsp3) is 0.211. The number of anilines is 1. The monoisotopic (exact) mass is 364 g/mol. The molecule has 0 aliphatic rings. The van der Waals surface area contributed by atoms with E-state index in [1.165, 1.54) is 11.9 Å². The average Bonchev–Trinajstić information content (AvgIpc) is 3.37. The van der Waals surface area contributed by atoms with Crippen LogP contribution in [0.1, 0.15) is 29.9 Å². The van der Waals surface area contributed by atoms with Gasteiger partial charge in [-0.05, 0) is 32.4 Å². The molecular weight excluding hydrogens is 344 g/mol.